The summed E-state index contributed by atoms with van der Waals surface area (Å²) in [6, 6.07) is 0. The van der Waals surface area contributed by atoms with Gasteiger partial charge in [0.15, 0.2) is 0 Å². The third-order valence-corrected chi connectivity index (χ3v) is 2.61. The van der Waals surface area contributed by atoms with Gasteiger partial charge in [0.05, 0.1) is 0 Å². The SMILES string of the molecule is CC1=CC[C@H](/C(C)=C/C=O)CC1. The van der Waals surface area contributed by atoms with Gasteiger partial charge in [-0.2, -0.15) is 0 Å². The average Bonchev–Trinajstić information content (AvgIpc) is 2.06. The molecule has 0 aliphatic heterocycles. The second kappa shape index (κ2) is 4.24. The smallest absolute Gasteiger partial charge is 0.142 e. The van der Waals surface area contributed by atoms with Crippen LogP contribution in [0, 0.1) is 5.92 Å². The molecule has 0 amide bonds. The molecule has 0 N–H and O–H groups in total. The zero-order chi connectivity index (χ0) is 8.97. The first-order valence-electron chi connectivity index (χ1n) is 4.51. The minimum absolute atomic E-state index is 0.610. The Balaban J connectivity index is 2.56. The second-order valence-corrected chi connectivity index (χ2v) is 3.57. The molecule has 0 fully saturated rings. The molecule has 0 unspecified atom stereocenters. The quantitative estimate of drug-likeness (QED) is 0.348. The monoisotopic (exact) mass is 164 g/mol. The van der Waals surface area contributed by atoms with E-state index in [0.29, 0.717) is 5.92 Å². The Morgan fingerprint density at radius 1 is 1.67 bits per heavy atom. The first kappa shape index (κ1) is 9.24. The van der Waals surface area contributed by atoms with Gasteiger partial charge in [-0.1, -0.05) is 17.2 Å². The number of allylic oxidation sites excluding steroid dienone is 4. The van der Waals surface area contributed by atoms with Crippen molar-refractivity contribution < 1.29 is 4.79 Å². The van der Waals surface area contributed by atoms with Gasteiger partial charge in [0.1, 0.15) is 6.29 Å². The Labute approximate surface area is 74.2 Å². The van der Waals surface area contributed by atoms with Gasteiger partial charge in [-0.15, -0.1) is 0 Å². The molecule has 0 heterocycles. The summed E-state index contributed by atoms with van der Waals surface area (Å²) in [6.07, 6.45) is 8.38. The Morgan fingerprint density at radius 2 is 2.42 bits per heavy atom. The van der Waals surface area contributed by atoms with E-state index < -0.39 is 0 Å². The van der Waals surface area contributed by atoms with E-state index in [1.165, 1.54) is 24.0 Å². The maximum atomic E-state index is 10.2. The van der Waals surface area contributed by atoms with Crippen molar-refractivity contribution in [1.29, 1.82) is 0 Å². The normalized spacial score (nSPS) is 25.0. The summed E-state index contributed by atoms with van der Waals surface area (Å²) in [6.45, 7) is 4.22. The molecule has 1 atom stereocenters. The molecular formula is C11H16O. The lowest BCUT2D eigenvalue weighted by Gasteiger charge is -2.20. The predicted molar refractivity (Wildman–Crippen MR) is 50.9 cm³/mol. The van der Waals surface area contributed by atoms with Crippen molar-refractivity contribution >= 4 is 6.29 Å². The molecule has 0 aromatic rings. The minimum atomic E-state index is 0.610. The topological polar surface area (TPSA) is 17.1 Å². The van der Waals surface area contributed by atoms with Crippen LogP contribution in [0.15, 0.2) is 23.3 Å². The van der Waals surface area contributed by atoms with Crippen LogP contribution >= 0.6 is 0 Å². The number of carbonyl (C=O) groups excluding carboxylic acids is 1. The van der Waals surface area contributed by atoms with Crippen molar-refractivity contribution in [2.24, 2.45) is 5.92 Å². The molecule has 0 saturated carbocycles. The molecule has 1 rings (SSSR count). The van der Waals surface area contributed by atoms with Crippen LogP contribution in [0.5, 0.6) is 0 Å². The zero-order valence-electron chi connectivity index (χ0n) is 7.84. The molecule has 12 heavy (non-hydrogen) atoms. The van der Waals surface area contributed by atoms with Gasteiger partial charge < -0.3 is 0 Å². The maximum absolute atomic E-state index is 10.2. The summed E-state index contributed by atoms with van der Waals surface area (Å²) in [7, 11) is 0. The van der Waals surface area contributed by atoms with Gasteiger partial charge >= 0.3 is 0 Å². The van der Waals surface area contributed by atoms with E-state index in [0.717, 1.165) is 12.7 Å². The lowest BCUT2D eigenvalue weighted by atomic mass is 9.85. The number of aldehydes is 1. The van der Waals surface area contributed by atoms with E-state index >= 15 is 0 Å². The highest BCUT2D eigenvalue weighted by Crippen LogP contribution is 2.28. The third kappa shape index (κ3) is 2.33. The van der Waals surface area contributed by atoms with Gasteiger partial charge in [0, 0.05) is 0 Å². The average molecular weight is 164 g/mol. The van der Waals surface area contributed by atoms with Crippen LogP contribution in [0.1, 0.15) is 33.1 Å². The van der Waals surface area contributed by atoms with Crippen molar-refractivity contribution in [2.75, 3.05) is 0 Å². The van der Waals surface area contributed by atoms with Crippen LogP contribution in [0.25, 0.3) is 0 Å². The maximum Gasteiger partial charge on any atom is 0.142 e. The molecule has 1 heteroatoms. The Kier molecular flexibility index (Phi) is 3.27. The first-order chi connectivity index (χ1) is 5.74. The van der Waals surface area contributed by atoms with Crippen molar-refractivity contribution in [2.45, 2.75) is 33.1 Å². The van der Waals surface area contributed by atoms with Crippen LogP contribution in [-0.4, -0.2) is 6.29 Å². The van der Waals surface area contributed by atoms with E-state index in [-0.39, 0.29) is 0 Å². The fraction of sp³-hybridized carbons (Fsp3) is 0.545. The molecule has 0 saturated heterocycles. The zero-order valence-corrected chi connectivity index (χ0v) is 7.84. The predicted octanol–water partition coefficient (Wildman–Crippen LogP) is 2.88. The summed E-state index contributed by atoms with van der Waals surface area (Å²) in [5.41, 5.74) is 2.72. The molecule has 0 spiro atoms. The Bertz CT molecular complexity index is 223. The van der Waals surface area contributed by atoms with Crippen molar-refractivity contribution in [3.8, 4) is 0 Å². The minimum Gasteiger partial charge on any atom is -0.299 e. The largest absolute Gasteiger partial charge is 0.299 e. The van der Waals surface area contributed by atoms with Crippen LogP contribution in [-0.2, 0) is 4.79 Å². The number of hydrogen-bond donors (Lipinski definition) is 0. The highest BCUT2D eigenvalue weighted by molar-refractivity contribution is 5.66. The van der Waals surface area contributed by atoms with Crippen LogP contribution < -0.4 is 0 Å². The Hall–Kier alpha value is -0.850. The summed E-state index contributed by atoms with van der Waals surface area (Å²) in [5, 5.41) is 0. The summed E-state index contributed by atoms with van der Waals surface area (Å²) >= 11 is 0. The summed E-state index contributed by atoms with van der Waals surface area (Å²) in [5.74, 6) is 0.610. The lowest BCUT2D eigenvalue weighted by Crippen LogP contribution is -2.06. The molecule has 0 bridgehead atoms. The van der Waals surface area contributed by atoms with Gasteiger partial charge in [-0.25, -0.2) is 0 Å². The Morgan fingerprint density at radius 3 is 2.92 bits per heavy atom. The molecule has 0 radical (unpaired) electrons. The van der Waals surface area contributed by atoms with Crippen molar-refractivity contribution in [1.82, 2.24) is 0 Å². The molecule has 1 aliphatic rings. The van der Waals surface area contributed by atoms with E-state index in [9.17, 15) is 4.79 Å². The molecule has 1 aliphatic carbocycles. The van der Waals surface area contributed by atoms with Crippen LogP contribution in [0.3, 0.4) is 0 Å². The van der Waals surface area contributed by atoms with Gasteiger partial charge in [-0.3, -0.25) is 4.79 Å². The molecule has 1 nitrogen and oxygen atoms in total. The van der Waals surface area contributed by atoms with Crippen molar-refractivity contribution in [3.05, 3.63) is 23.3 Å². The molecular weight excluding hydrogens is 148 g/mol. The standard InChI is InChI=1S/C11H16O/c1-9-3-5-11(6-4-9)10(2)7-8-12/h3,7-8,11H,4-6H2,1-2H3/b10-7+/t11-/m0/s1. The van der Waals surface area contributed by atoms with E-state index in [1.807, 2.05) is 6.92 Å². The highest BCUT2D eigenvalue weighted by atomic mass is 16.1. The summed E-state index contributed by atoms with van der Waals surface area (Å²) < 4.78 is 0. The van der Waals surface area contributed by atoms with Crippen LogP contribution in [0.4, 0.5) is 0 Å². The molecule has 0 aromatic carbocycles. The third-order valence-electron chi connectivity index (χ3n) is 2.61. The van der Waals surface area contributed by atoms with Gasteiger partial charge in [-0.05, 0) is 45.1 Å². The fourth-order valence-electron chi connectivity index (χ4n) is 1.62. The highest BCUT2D eigenvalue weighted by Gasteiger charge is 2.13. The van der Waals surface area contributed by atoms with E-state index in [1.54, 1.807) is 6.08 Å². The number of rotatable bonds is 2. The van der Waals surface area contributed by atoms with Gasteiger partial charge in [0.2, 0.25) is 0 Å². The van der Waals surface area contributed by atoms with Crippen molar-refractivity contribution in [3.63, 3.8) is 0 Å². The molecule has 66 valence electrons. The lowest BCUT2D eigenvalue weighted by molar-refractivity contribution is -0.104. The number of carbonyl (C=O) groups is 1. The first-order valence-corrected chi connectivity index (χ1v) is 4.51. The second-order valence-electron chi connectivity index (χ2n) is 3.57. The van der Waals surface area contributed by atoms with E-state index in [4.69, 9.17) is 0 Å². The summed E-state index contributed by atoms with van der Waals surface area (Å²) in [4.78, 5) is 10.2. The van der Waals surface area contributed by atoms with E-state index in [2.05, 4.69) is 13.0 Å². The van der Waals surface area contributed by atoms with Crippen LogP contribution in [0.2, 0.25) is 0 Å². The fourth-order valence-corrected chi connectivity index (χ4v) is 1.62. The number of hydrogen-bond acceptors (Lipinski definition) is 1. The van der Waals surface area contributed by atoms with Gasteiger partial charge in [0.25, 0.3) is 0 Å². The molecule has 0 aromatic heterocycles.